The van der Waals surface area contributed by atoms with E-state index in [0.717, 1.165) is 29.3 Å². The summed E-state index contributed by atoms with van der Waals surface area (Å²) in [6.07, 6.45) is 4.99. The Morgan fingerprint density at radius 1 is 0.194 bits per heavy atom. The Bertz CT molecular complexity index is 7460. The molecule has 8 heteroatoms. The third-order valence-electron chi connectivity index (χ3n) is 26.9. The Balaban J connectivity index is 0.000000157. The summed E-state index contributed by atoms with van der Waals surface area (Å²) < 4.78 is 17.6. The largest absolute Gasteiger partial charge is 0.340 e. The van der Waals surface area contributed by atoms with Crippen molar-refractivity contribution in [3.8, 4) is 34.1 Å². The Kier molecular flexibility index (Phi) is 17.4. The molecule has 25 aromatic rings. The lowest BCUT2D eigenvalue weighted by Crippen LogP contribution is -2.75. The number of hydrogen-bond donors (Lipinski definition) is 0. The van der Waals surface area contributed by atoms with Gasteiger partial charge in [0.1, 0.15) is 0 Å². The van der Waals surface area contributed by atoms with Crippen molar-refractivity contribution in [2.75, 3.05) is 0 Å². The highest BCUT2D eigenvalue weighted by atomic mass is 28.3. The highest BCUT2D eigenvalue weighted by molar-refractivity contribution is 7.20. The summed E-state index contributed by atoms with van der Waals surface area (Å²) in [4.78, 5) is 0. The summed E-state index contributed by atoms with van der Waals surface area (Å²) in [6, 6.07) is 159. The number of aromatic nitrogens is 7. The van der Waals surface area contributed by atoms with Crippen molar-refractivity contribution < 1.29 is 0 Å². The lowest BCUT2D eigenvalue weighted by Gasteiger charge is -2.36. The minimum absolute atomic E-state index is 0.655. The van der Waals surface area contributed by atoms with Gasteiger partial charge in [-0.2, -0.15) is 0 Å². The zero-order chi connectivity index (χ0) is 82.1. The van der Waals surface area contributed by atoms with Gasteiger partial charge >= 0.3 is 0 Å². The van der Waals surface area contributed by atoms with Crippen LogP contribution in [-0.2, 0) is 6.54 Å². The Labute approximate surface area is 719 Å². The van der Waals surface area contributed by atoms with Gasteiger partial charge in [-0.05, 0) is 179 Å². The molecule has 0 spiro atoms. The summed E-state index contributed by atoms with van der Waals surface area (Å²) in [7, 11) is -3.47. The topological polar surface area (TPSA) is 34.5 Å². The van der Waals surface area contributed by atoms with Crippen molar-refractivity contribution in [2.45, 2.75) is 46.1 Å². The van der Waals surface area contributed by atoms with E-state index in [1.54, 1.807) is 0 Å². The summed E-state index contributed by atoms with van der Waals surface area (Å²) in [5.74, 6) is 0.655. The predicted octanol–water partition coefficient (Wildman–Crippen LogP) is 27.7. The summed E-state index contributed by atoms with van der Waals surface area (Å²) in [5.41, 5.74) is 23.9. The van der Waals surface area contributed by atoms with E-state index in [1.165, 1.54) is 210 Å². The number of para-hydroxylation sites is 12. The monoisotopic (exact) mass is 1610 g/mol. The average Bonchev–Trinajstić information content (AvgIpc) is 1.37. The van der Waals surface area contributed by atoms with Crippen LogP contribution in [0.4, 0.5) is 0 Å². The van der Waals surface area contributed by atoms with Crippen molar-refractivity contribution in [2.24, 2.45) is 5.92 Å². The number of fused-ring (bicyclic) bond motifs is 21. The van der Waals surface area contributed by atoms with E-state index in [4.69, 9.17) is 0 Å². The van der Waals surface area contributed by atoms with E-state index in [2.05, 4.69) is 470 Å². The quantitative estimate of drug-likeness (QED) is 0.0683. The highest BCUT2D eigenvalue weighted by Crippen LogP contribution is 2.43. The molecule has 1 atom stereocenters. The summed E-state index contributed by atoms with van der Waals surface area (Å²) in [6.45, 7) is 5.70. The Morgan fingerprint density at radius 3 is 0.637 bits per heavy atom. The zero-order valence-electron chi connectivity index (χ0n) is 69.2. The van der Waals surface area contributed by atoms with Gasteiger partial charge in [-0.3, -0.25) is 0 Å². The van der Waals surface area contributed by atoms with Gasteiger partial charge in [0.2, 0.25) is 0 Å². The van der Waals surface area contributed by atoms with Crippen LogP contribution in [0, 0.1) is 5.92 Å². The molecular weight excluding hydrogens is 1520 g/mol. The molecule has 0 fully saturated rings. The molecule has 0 saturated heterocycles. The maximum absolute atomic E-state index is 3.47. The first-order valence-corrected chi connectivity index (χ1v) is 45.9. The zero-order valence-corrected chi connectivity index (χ0v) is 70.2. The lowest BCUT2D eigenvalue weighted by atomic mass is 9.99. The van der Waals surface area contributed by atoms with Crippen molar-refractivity contribution in [3.63, 3.8) is 0 Å². The van der Waals surface area contributed by atoms with Gasteiger partial charge in [-0.1, -0.05) is 312 Å². The first kappa shape index (κ1) is 72.8. The SMILES string of the molecule is CCCCC(CC)Cn1c2ccc(-n3c4ccccc4c4ccccc43)cc2c2cc(-n3c4ccccc4c4ccccc43)ccc21.c1ccc([Si](c2ccccc2)(c2cc(-n3c4ccccc4c4ccccc43)cc(-n3c4ccccc4c4ccccc43)c2)c2cc(-n3c4ccccc4c4ccccc43)cc(-n3c4ccccc4c4ccccc43)c2)cc1. The molecule has 0 aliphatic rings. The van der Waals surface area contributed by atoms with Gasteiger partial charge < -0.3 is 32.0 Å². The number of benzene rings is 18. The minimum atomic E-state index is -3.47. The molecule has 0 saturated carbocycles. The second-order valence-electron chi connectivity index (χ2n) is 33.6. The second-order valence-corrected chi connectivity index (χ2v) is 37.4. The van der Waals surface area contributed by atoms with Crippen molar-refractivity contribution >= 4 is 181 Å². The van der Waals surface area contributed by atoms with E-state index >= 15 is 0 Å². The van der Waals surface area contributed by atoms with Crippen LogP contribution in [0.3, 0.4) is 0 Å². The molecule has 0 bridgehead atoms. The Hall–Kier alpha value is -15.2. The molecule has 0 N–H and O–H groups in total. The smallest absolute Gasteiger partial charge is 0.179 e. The maximum Gasteiger partial charge on any atom is 0.179 e. The predicted molar refractivity (Wildman–Crippen MR) is 529 cm³/mol. The first-order chi connectivity index (χ1) is 61.5. The molecule has 25 rings (SSSR count). The Morgan fingerprint density at radius 2 is 0.411 bits per heavy atom. The fourth-order valence-corrected chi connectivity index (χ4v) is 26.3. The fourth-order valence-electron chi connectivity index (χ4n) is 21.5. The van der Waals surface area contributed by atoms with E-state index in [-0.39, 0.29) is 0 Å². The normalized spacial score (nSPS) is 12.4. The van der Waals surface area contributed by atoms with Crippen LogP contribution in [-0.4, -0.2) is 40.0 Å². The van der Waals surface area contributed by atoms with Crippen molar-refractivity contribution in [3.05, 3.63) is 425 Å². The van der Waals surface area contributed by atoms with Crippen LogP contribution in [0.2, 0.25) is 0 Å². The van der Waals surface area contributed by atoms with E-state index in [9.17, 15) is 0 Å². The van der Waals surface area contributed by atoms with E-state index < -0.39 is 8.07 Å². The van der Waals surface area contributed by atoms with Gasteiger partial charge in [0.05, 0.1) is 66.2 Å². The van der Waals surface area contributed by atoms with E-state index in [1.807, 2.05) is 0 Å². The number of nitrogens with zero attached hydrogens (tertiary/aromatic N) is 7. The van der Waals surface area contributed by atoms with Crippen LogP contribution >= 0.6 is 0 Å². The molecule has 0 aliphatic carbocycles. The third-order valence-corrected chi connectivity index (χ3v) is 31.6. The van der Waals surface area contributed by atoms with Crippen LogP contribution in [0.15, 0.2) is 425 Å². The number of hydrogen-bond acceptors (Lipinski definition) is 0. The molecule has 7 heterocycles. The summed E-state index contributed by atoms with van der Waals surface area (Å²) >= 11 is 0. The van der Waals surface area contributed by atoms with Gasteiger partial charge in [0.25, 0.3) is 0 Å². The average molecular weight is 1610 g/mol. The number of rotatable bonds is 16. The molecular formula is C116H87N7Si. The standard InChI is InChI=1S/C72H48N4Si.C44H39N3/c1-3-23-53(24-4-1)77(54-25-5-2-6-26-54,55-45-49(73-65-35-15-7-27-57(65)58-28-8-16-36-66(58)73)43-50(46-55)74-67-37-17-9-29-59(67)60-30-10-18-38-68(60)74)56-47-51(75-69-39-19-11-31-61(69)62-32-12-20-40-70(62)75)44-52(48-56)76-71-41-21-13-33-63(71)64-34-14-22-42-72(64)76;1-3-5-14-30(4-2)29-45-39-25-23-31(46-41-19-10-6-15-33(41)34-16-7-11-20-42(34)46)27-37(39)38-28-32(24-26-40(38)45)47-43-21-12-8-17-35(43)36-18-9-13-22-44(36)47/h1-48H;6-13,15-28,30H,3-5,14,29H2,1-2H3. The molecule has 1 unspecified atom stereocenters. The van der Waals surface area contributed by atoms with Crippen LogP contribution in [0.1, 0.15) is 39.5 Å². The van der Waals surface area contributed by atoms with Crippen LogP contribution in [0.25, 0.3) is 187 Å². The molecule has 7 nitrogen and oxygen atoms in total. The molecule has 0 radical (unpaired) electrons. The highest BCUT2D eigenvalue weighted by Gasteiger charge is 2.43. The second kappa shape index (κ2) is 29.6. The number of unbranched alkanes of at least 4 members (excludes halogenated alkanes) is 1. The fraction of sp³-hybridized carbons (Fsp3) is 0.0690. The van der Waals surface area contributed by atoms with Crippen molar-refractivity contribution in [1.82, 2.24) is 32.0 Å². The maximum atomic E-state index is 2.61. The van der Waals surface area contributed by atoms with E-state index in [0.29, 0.717) is 5.92 Å². The lowest BCUT2D eigenvalue weighted by molar-refractivity contribution is 0.401. The minimum Gasteiger partial charge on any atom is -0.340 e. The van der Waals surface area contributed by atoms with Gasteiger partial charge in [0, 0.05) is 127 Å². The van der Waals surface area contributed by atoms with Gasteiger partial charge in [0.15, 0.2) is 8.07 Å². The third kappa shape index (κ3) is 11.3. The molecule has 124 heavy (non-hydrogen) atoms. The molecule has 590 valence electrons. The van der Waals surface area contributed by atoms with Gasteiger partial charge in [-0.15, -0.1) is 0 Å². The van der Waals surface area contributed by atoms with Crippen LogP contribution in [0.5, 0.6) is 0 Å². The molecule has 0 amide bonds. The van der Waals surface area contributed by atoms with Crippen LogP contribution < -0.4 is 20.7 Å². The first-order valence-electron chi connectivity index (χ1n) is 43.9. The molecule has 18 aromatic carbocycles. The summed E-state index contributed by atoms with van der Waals surface area (Å²) in [5, 5.41) is 22.8. The van der Waals surface area contributed by atoms with Gasteiger partial charge in [-0.25, -0.2) is 0 Å². The van der Waals surface area contributed by atoms with Crippen molar-refractivity contribution in [1.29, 1.82) is 0 Å². The molecule has 7 aromatic heterocycles. The molecule has 0 aliphatic heterocycles.